The highest BCUT2D eigenvalue weighted by atomic mass is 35.5. The number of aliphatic hydroxyl groups is 1. The Hall–Kier alpha value is -2.44. The minimum Gasteiger partial charge on any atom is -0.489 e. The van der Waals surface area contributed by atoms with Crippen molar-refractivity contribution in [2.45, 2.75) is 25.3 Å². The van der Waals surface area contributed by atoms with Gasteiger partial charge in [0.05, 0.1) is 6.04 Å². The third-order valence-electron chi connectivity index (χ3n) is 3.74. The molecule has 0 spiro atoms. The Kier molecular flexibility index (Phi) is 6.28. The van der Waals surface area contributed by atoms with Crippen LogP contribution in [0.2, 0.25) is 0 Å². The summed E-state index contributed by atoms with van der Waals surface area (Å²) in [6.45, 7) is 0.545. The lowest BCUT2D eigenvalue weighted by molar-refractivity contribution is 0.141. The minimum atomic E-state index is -0.702. The second-order valence-electron chi connectivity index (χ2n) is 5.44. The van der Waals surface area contributed by atoms with Gasteiger partial charge in [-0.2, -0.15) is 0 Å². The number of benzene rings is 2. The van der Waals surface area contributed by atoms with Crippen molar-refractivity contribution in [2.24, 2.45) is 10.9 Å². The second kappa shape index (κ2) is 8.42. The number of hydrogen-bond donors (Lipinski definition) is 4. The van der Waals surface area contributed by atoms with Gasteiger partial charge in [-0.15, -0.1) is 17.5 Å². The normalized spacial score (nSPS) is 20.8. The molecule has 128 valence electrons. The fraction of sp³-hybridized carbons (Fsp3) is 0.235. The molecule has 6 nitrogen and oxygen atoms in total. The number of halogens is 1. The van der Waals surface area contributed by atoms with Crippen LogP contribution in [0.5, 0.6) is 5.75 Å². The topological polar surface area (TPSA) is 91.9 Å². The molecule has 2 unspecified atom stereocenters. The van der Waals surface area contributed by atoms with Gasteiger partial charge in [-0.25, -0.2) is 0 Å². The van der Waals surface area contributed by atoms with Crippen molar-refractivity contribution in [2.75, 3.05) is 0 Å². The highest BCUT2D eigenvalue weighted by Gasteiger charge is 2.28. The Balaban J connectivity index is 0.00000208. The molecule has 0 aromatic heterocycles. The van der Waals surface area contributed by atoms with E-state index in [0.29, 0.717) is 19.0 Å². The Labute approximate surface area is 147 Å². The van der Waals surface area contributed by atoms with Gasteiger partial charge in [0.15, 0.2) is 0 Å². The Morgan fingerprint density at radius 3 is 2.33 bits per heavy atom. The summed E-state index contributed by atoms with van der Waals surface area (Å²) >= 11 is 0. The van der Waals surface area contributed by atoms with Crippen LogP contribution in [0.1, 0.15) is 11.1 Å². The number of hydrazone groups is 1. The van der Waals surface area contributed by atoms with Gasteiger partial charge in [0.1, 0.15) is 18.6 Å². The number of guanidine groups is 1. The first-order chi connectivity index (χ1) is 11.2. The summed E-state index contributed by atoms with van der Waals surface area (Å²) in [5.74, 6) is 6.42. The number of nitrogens with zero attached hydrogens (tertiary/aromatic N) is 1. The van der Waals surface area contributed by atoms with E-state index in [-0.39, 0.29) is 18.4 Å². The lowest BCUT2D eigenvalue weighted by atomic mass is 10.1. The van der Waals surface area contributed by atoms with Crippen LogP contribution in [0, 0.1) is 0 Å². The van der Waals surface area contributed by atoms with Crippen molar-refractivity contribution in [3.63, 3.8) is 0 Å². The van der Waals surface area contributed by atoms with Crippen LogP contribution in [-0.2, 0) is 13.0 Å². The molecule has 7 heteroatoms. The maximum atomic E-state index is 9.88. The molecule has 0 bridgehead atoms. The molecule has 5 N–H and O–H groups in total. The fourth-order valence-corrected chi connectivity index (χ4v) is 2.49. The molecule has 0 saturated carbocycles. The van der Waals surface area contributed by atoms with Crippen LogP contribution in [0.4, 0.5) is 0 Å². The standard InChI is InChI=1S/C17H20N4O2.ClH/c18-21-17-19-15(16(22)20-17)10-12-6-8-14(9-7-12)23-11-13-4-2-1-3-5-13;/h1-9,15-16,22H,10-11,18H2,(H2,19,20,21);1H. The van der Waals surface area contributed by atoms with Crippen LogP contribution in [-0.4, -0.2) is 23.3 Å². The molecule has 0 radical (unpaired) electrons. The molecule has 2 aromatic rings. The summed E-state index contributed by atoms with van der Waals surface area (Å²) in [4.78, 5) is 0. The zero-order valence-electron chi connectivity index (χ0n) is 13.1. The lowest BCUT2D eigenvalue weighted by Gasteiger charge is -2.14. The summed E-state index contributed by atoms with van der Waals surface area (Å²) in [5, 5.41) is 19.2. The van der Waals surface area contributed by atoms with Crippen LogP contribution in [0.15, 0.2) is 59.7 Å². The van der Waals surface area contributed by atoms with Crippen molar-refractivity contribution in [1.29, 1.82) is 0 Å². The van der Waals surface area contributed by atoms with Gasteiger partial charge in [-0.3, -0.25) is 0 Å². The first-order valence-electron chi connectivity index (χ1n) is 7.49. The van der Waals surface area contributed by atoms with Gasteiger partial charge in [0, 0.05) is 0 Å². The molecule has 2 aromatic carbocycles. The van der Waals surface area contributed by atoms with Crippen molar-refractivity contribution < 1.29 is 9.84 Å². The lowest BCUT2D eigenvalue weighted by Crippen LogP contribution is -2.35. The largest absolute Gasteiger partial charge is 0.489 e. The van der Waals surface area contributed by atoms with E-state index >= 15 is 0 Å². The molecular weight excluding hydrogens is 328 g/mol. The molecule has 2 atom stereocenters. The van der Waals surface area contributed by atoms with E-state index in [9.17, 15) is 5.11 Å². The minimum absolute atomic E-state index is 0. The molecule has 1 fully saturated rings. The summed E-state index contributed by atoms with van der Waals surface area (Å²) in [6.07, 6.45) is -0.0436. The van der Waals surface area contributed by atoms with Gasteiger partial charge in [-0.1, -0.05) is 42.5 Å². The van der Waals surface area contributed by atoms with Gasteiger partial charge in [0.2, 0.25) is 5.96 Å². The number of nitrogens with one attached hydrogen (secondary N) is 2. The van der Waals surface area contributed by atoms with E-state index in [2.05, 4.69) is 15.7 Å². The van der Waals surface area contributed by atoms with Crippen molar-refractivity contribution >= 4 is 18.4 Å². The highest BCUT2D eigenvalue weighted by Crippen LogP contribution is 2.16. The highest BCUT2D eigenvalue weighted by molar-refractivity contribution is 5.85. The number of aliphatic hydroxyl groups excluding tert-OH is 1. The van der Waals surface area contributed by atoms with Crippen LogP contribution >= 0.6 is 12.4 Å². The molecule has 24 heavy (non-hydrogen) atoms. The third-order valence-corrected chi connectivity index (χ3v) is 3.74. The summed E-state index contributed by atoms with van der Waals surface area (Å²) in [7, 11) is 0. The monoisotopic (exact) mass is 348 g/mol. The van der Waals surface area contributed by atoms with E-state index in [1.54, 1.807) is 0 Å². The van der Waals surface area contributed by atoms with E-state index in [4.69, 9.17) is 10.6 Å². The molecule has 0 aliphatic carbocycles. The van der Waals surface area contributed by atoms with Crippen molar-refractivity contribution in [3.8, 4) is 5.75 Å². The molecule has 1 heterocycles. The molecule has 3 rings (SSSR count). The predicted molar refractivity (Wildman–Crippen MR) is 95.9 cm³/mol. The molecule has 1 aliphatic heterocycles. The molecule has 0 amide bonds. The van der Waals surface area contributed by atoms with Crippen molar-refractivity contribution in [3.05, 3.63) is 65.7 Å². The van der Waals surface area contributed by atoms with Crippen LogP contribution < -0.4 is 21.2 Å². The second-order valence-corrected chi connectivity index (χ2v) is 5.44. The van der Waals surface area contributed by atoms with Gasteiger partial charge < -0.3 is 26.3 Å². The quantitative estimate of drug-likeness (QED) is 0.483. The Morgan fingerprint density at radius 1 is 1.00 bits per heavy atom. The van der Waals surface area contributed by atoms with Crippen molar-refractivity contribution in [1.82, 2.24) is 10.6 Å². The van der Waals surface area contributed by atoms with E-state index in [0.717, 1.165) is 16.9 Å². The summed E-state index contributed by atoms with van der Waals surface area (Å²) in [6, 6.07) is 17.7. The number of ether oxygens (including phenoxy) is 1. The summed E-state index contributed by atoms with van der Waals surface area (Å²) < 4.78 is 5.76. The Morgan fingerprint density at radius 2 is 1.71 bits per heavy atom. The first-order valence-corrected chi connectivity index (χ1v) is 7.49. The number of nitrogens with two attached hydrogens (primary N) is 1. The predicted octanol–water partition coefficient (Wildman–Crippen LogP) is 1.34. The number of hydrogen-bond acceptors (Lipinski definition) is 4. The number of rotatable bonds is 5. The Bertz CT molecular complexity index is 664. The van der Waals surface area contributed by atoms with Gasteiger partial charge in [-0.05, 0) is 29.7 Å². The maximum Gasteiger partial charge on any atom is 0.215 e. The zero-order chi connectivity index (χ0) is 16.1. The van der Waals surface area contributed by atoms with Crippen LogP contribution in [0.25, 0.3) is 0 Å². The third kappa shape index (κ3) is 4.53. The van der Waals surface area contributed by atoms with E-state index in [1.807, 2.05) is 54.6 Å². The first kappa shape index (κ1) is 17.9. The average Bonchev–Trinajstić information content (AvgIpc) is 2.95. The average molecular weight is 349 g/mol. The van der Waals surface area contributed by atoms with Crippen LogP contribution in [0.3, 0.4) is 0 Å². The molecular formula is C17H21ClN4O2. The summed E-state index contributed by atoms with van der Waals surface area (Å²) in [5.41, 5.74) is 2.23. The zero-order valence-corrected chi connectivity index (χ0v) is 13.9. The van der Waals surface area contributed by atoms with Gasteiger partial charge in [0.25, 0.3) is 0 Å². The van der Waals surface area contributed by atoms with Gasteiger partial charge >= 0.3 is 0 Å². The smallest absolute Gasteiger partial charge is 0.215 e. The molecule has 1 saturated heterocycles. The maximum absolute atomic E-state index is 9.88. The van der Waals surface area contributed by atoms with E-state index < -0.39 is 6.23 Å². The van der Waals surface area contributed by atoms with E-state index in [1.165, 1.54) is 0 Å². The SMILES string of the molecule is Cl.NN=C1NC(O)C(Cc2ccc(OCc3ccccc3)cc2)N1. The fourth-order valence-electron chi connectivity index (χ4n) is 2.49. The molecule has 1 aliphatic rings.